The second-order valence-electron chi connectivity index (χ2n) is 8.54. The number of hydrogen-bond acceptors (Lipinski definition) is 8. The average Bonchev–Trinajstić information content (AvgIpc) is 2.85. The lowest BCUT2D eigenvalue weighted by molar-refractivity contribution is -0.133. The zero-order valence-electron chi connectivity index (χ0n) is 19.8. The summed E-state index contributed by atoms with van der Waals surface area (Å²) in [5, 5.41) is 21.5. The van der Waals surface area contributed by atoms with Crippen LogP contribution in [0.5, 0.6) is 11.6 Å². The molecule has 2 aromatic carbocycles. The average molecular weight is 468 g/mol. The minimum absolute atomic E-state index is 0.146. The Morgan fingerprint density at radius 1 is 1.11 bits per heavy atom. The molecule has 0 aliphatic carbocycles. The van der Waals surface area contributed by atoms with Gasteiger partial charge in [0.15, 0.2) is 0 Å². The number of nitrogens with zero attached hydrogens (tertiary/aromatic N) is 5. The SMILES string of the molecule is Cc1cc(C#N)cc(C)c1Oc1nc(Nc2ccc(C#N)cc2)nc2c1CN(C(=O)[C@H](C)N)CC2. The number of benzene rings is 2. The molecule has 9 nitrogen and oxygen atoms in total. The highest BCUT2D eigenvalue weighted by Crippen LogP contribution is 2.35. The largest absolute Gasteiger partial charge is 0.438 e. The van der Waals surface area contributed by atoms with Gasteiger partial charge in [-0.1, -0.05) is 0 Å². The maximum Gasteiger partial charge on any atom is 0.239 e. The number of ether oxygens (including phenoxy) is 1. The highest BCUT2D eigenvalue weighted by molar-refractivity contribution is 5.81. The van der Waals surface area contributed by atoms with Crippen LogP contribution in [0.3, 0.4) is 0 Å². The fraction of sp³-hybridized carbons (Fsp3) is 0.269. The molecule has 1 aromatic heterocycles. The number of rotatable bonds is 5. The lowest BCUT2D eigenvalue weighted by Crippen LogP contribution is -2.44. The number of aromatic nitrogens is 2. The van der Waals surface area contributed by atoms with Crippen LogP contribution in [0, 0.1) is 36.5 Å². The molecule has 0 fully saturated rings. The summed E-state index contributed by atoms with van der Waals surface area (Å²) in [6.45, 7) is 6.20. The highest BCUT2D eigenvalue weighted by atomic mass is 16.5. The Balaban J connectivity index is 1.75. The maximum absolute atomic E-state index is 12.6. The number of amides is 1. The van der Waals surface area contributed by atoms with Gasteiger partial charge >= 0.3 is 0 Å². The van der Waals surface area contributed by atoms with E-state index in [1.54, 1.807) is 48.2 Å². The summed E-state index contributed by atoms with van der Waals surface area (Å²) in [5.41, 5.74) is 10.8. The van der Waals surface area contributed by atoms with Gasteiger partial charge in [0.2, 0.25) is 17.7 Å². The molecule has 0 spiro atoms. The number of anilines is 2. The van der Waals surface area contributed by atoms with Crippen LogP contribution in [0.25, 0.3) is 0 Å². The third-order valence-corrected chi connectivity index (χ3v) is 5.78. The Morgan fingerprint density at radius 3 is 2.37 bits per heavy atom. The smallest absolute Gasteiger partial charge is 0.239 e. The Morgan fingerprint density at radius 2 is 1.77 bits per heavy atom. The van der Waals surface area contributed by atoms with Gasteiger partial charge in [-0.15, -0.1) is 0 Å². The molecule has 4 rings (SSSR count). The van der Waals surface area contributed by atoms with E-state index in [2.05, 4.69) is 27.4 Å². The van der Waals surface area contributed by atoms with Crippen LogP contribution in [0.2, 0.25) is 0 Å². The van der Waals surface area contributed by atoms with E-state index in [9.17, 15) is 10.1 Å². The summed E-state index contributed by atoms with van der Waals surface area (Å²) < 4.78 is 6.33. The van der Waals surface area contributed by atoms with Crippen molar-refractivity contribution in [2.45, 2.75) is 39.8 Å². The lowest BCUT2D eigenvalue weighted by atomic mass is 10.0. The molecule has 0 bridgehead atoms. The standard InChI is InChI=1S/C26H25N7O2/c1-15-10-19(13-28)11-16(2)23(15)35-24-21-14-33(25(34)17(3)29)9-8-22(21)31-26(32-24)30-20-6-4-18(12-27)5-7-20/h4-7,10-11,17H,8-9,14,29H2,1-3H3,(H,30,31,32)/t17-/m0/s1. The van der Waals surface area contributed by atoms with Crippen molar-refractivity contribution >= 4 is 17.5 Å². The van der Waals surface area contributed by atoms with E-state index in [0.717, 1.165) is 28.1 Å². The molecule has 9 heteroatoms. The normalized spacial score (nSPS) is 13.3. The van der Waals surface area contributed by atoms with Crippen LogP contribution in [0.4, 0.5) is 11.6 Å². The topological polar surface area (TPSA) is 141 Å². The van der Waals surface area contributed by atoms with E-state index in [1.165, 1.54) is 0 Å². The molecule has 0 unspecified atom stereocenters. The highest BCUT2D eigenvalue weighted by Gasteiger charge is 2.28. The van der Waals surface area contributed by atoms with E-state index >= 15 is 0 Å². The predicted octanol–water partition coefficient (Wildman–Crippen LogP) is 3.60. The zero-order chi connectivity index (χ0) is 25.1. The molecule has 0 saturated carbocycles. The first-order valence-electron chi connectivity index (χ1n) is 11.2. The molecule has 3 aromatic rings. The fourth-order valence-corrected chi connectivity index (χ4v) is 4.03. The zero-order valence-corrected chi connectivity index (χ0v) is 19.8. The van der Waals surface area contributed by atoms with Crippen molar-refractivity contribution in [3.63, 3.8) is 0 Å². The lowest BCUT2D eigenvalue weighted by Gasteiger charge is -2.30. The maximum atomic E-state index is 12.6. The van der Waals surface area contributed by atoms with Crippen molar-refractivity contribution in [2.75, 3.05) is 11.9 Å². The van der Waals surface area contributed by atoms with Crippen LogP contribution in [0.15, 0.2) is 36.4 Å². The Hall–Kier alpha value is -4.47. The Labute approximate surface area is 203 Å². The number of aryl methyl sites for hydroxylation is 2. The Kier molecular flexibility index (Phi) is 6.63. The first-order valence-corrected chi connectivity index (χ1v) is 11.2. The van der Waals surface area contributed by atoms with Crippen LogP contribution in [-0.2, 0) is 17.8 Å². The van der Waals surface area contributed by atoms with Crippen molar-refractivity contribution in [1.82, 2.24) is 14.9 Å². The van der Waals surface area contributed by atoms with E-state index < -0.39 is 6.04 Å². The van der Waals surface area contributed by atoms with Crippen molar-refractivity contribution in [3.8, 4) is 23.8 Å². The molecule has 0 saturated heterocycles. The van der Waals surface area contributed by atoms with Crippen LogP contribution < -0.4 is 15.8 Å². The quantitative estimate of drug-likeness (QED) is 0.580. The third kappa shape index (κ3) is 5.06. The van der Waals surface area contributed by atoms with Gasteiger partial charge in [-0.05, 0) is 68.3 Å². The molecule has 2 heterocycles. The first-order chi connectivity index (χ1) is 16.8. The van der Waals surface area contributed by atoms with Gasteiger partial charge < -0.3 is 20.7 Å². The number of carbonyl (C=O) groups excluding carboxylic acids is 1. The monoisotopic (exact) mass is 467 g/mol. The first kappa shape index (κ1) is 23.7. The predicted molar refractivity (Wildman–Crippen MR) is 130 cm³/mol. The number of carbonyl (C=O) groups is 1. The van der Waals surface area contributed by atoms with Crippen molar-refractivity contribution in [1.29, 1.82) is 10.5 Å². The molecular weight excluding hydrogens is 442 g/mol. The molecule has 0 radical (unpaired) electrons. The second-order valence-corrected chi connectivity index (χ2v) is 8.54. The van der Waals surface area contributed by atoms with Gasteiger partial charge in [-0.2, -0.15) is 15.5 Å². The summed E-state index contributed by atoms with van der Waals surface area (Å²) in [5.74, 6) is 1.14. The van der Waals surface area contributed by atoms with Gasteiger partial charge in [-0.3, -0.25) is 4.79 Å². The van der Waals surface area contributed by atoms with Gasteiger partial charge in [0, 0.05) is 18.7 Å². The summed E-state index contributed by atoms with van der Waals surface area (Å²) in [6, 6.07) is 14.1. The van der Waals surface area contributed by atoms with Gasteiger partial charge in [0.25, 0.3) is 0 Å². The number of nitriles is 2. The number of hydrogen-bond donors (Lipinski definition) is 2. The molecule has 3 N–H and O–H groups in total. The van der Waals surface area contributed by atoms with Crippen molar-refractivity contribution < 1.29 is 9.53 Å². The third-order valence-electron chi connectivity index (χ3n) is 5.78. The summed E-state index contributed by atoms with van der Waals surface area (Å²) in [7, 11) is 0. The molecule has 1 aliphatic heterocycles. The van der Waals surface area contributed by atoms with Crippen molar-refractivity contribution in [2.24, 2.45) is 5.73 Å². The van der Waals surface area contributed by atoms with E-state index in [-0.39, 0.29) is 12.5 Å². The van der Waals surface area contributed by atoms with E-state index in [1.807, 2.05) is 13.8 Å². The number of fused-ring (bicyclic) bond motifs is 1. The molecule has 1 aliphatic rings. The van der Waals surface area contributed by atoms with E-state index in [4.69, 9.17) is 15.7 Å². The van der Waals surface area contributed by atoms with E-state index in [0.29, 0.717) is 41.7 Å². The minimum Gasteiger partial charge on any atom is -0.438 e. The van der Waals surface area contributed by atoms with Crippen LogP contribution in [0.1, 0.15) is 40.4 Å². The number of nitrogens with two attached hydrogens (primary N) is 1. The molecule has 1 atom stereocenters. The summed E-state index contributed by atoms with van der Waals surface area (Å²) in [4.78, 5) is 23.6. The molecule has 35 heavy (non-hydrogen) atoms. The molecular formula is C26H25N7O2. The van der Waals surface area contributed by atoms with Crippen LogP contribution >= 0.6 is 0 Å². The second kappa shape index (κ2) is 9.80. The van der Waals surface area contributed by atoms with Gasteiger partial charge in [0.05, 0.1) is 47.1 Å². The number of nitrogens with one attached hydrogen (secondary N) is 1. The molecule has 176 valence electrons. The summed E-state index contributed by atoms with van der Waals surface area (Å²) in [6.07, 6.45) is 0.528. The minimum atomic E-state index is -0.609. The van der Waals surface area contributed by atoms with Crippen LogP contribution in [-0.4, -0.2) is 33.4 Å². The Bertz CT molecular complexity index is 1350. The van der Waals surface area contributed by atoms with Gasteiger partial charge in [-0.25, -0.2) is 4.98 Å². The molecule has 1 amide bonds. The van der Waals surface area contributed by atoms with Crippen molar-refractivity contribution in [3.05, 3.63) is 69.9 Å². The van der Waals surface area contributed by atoms with Gasteiger partial charge in [0.1, 0.15) is 5.75 Å². The fourth-order valence-electron chi connectivity index (χ4n) is 4.03. The summed E-state index contributed by atoms with van der Waals surface area (Å²) >= 11 is 0.